The summed E-state index contributed by atoms with van der Waals surface area (Å²) in [5.41, 5.74) is 0.822. The highest BCUT2D eigenvalue weighted by molar-refractivity contribution is 5.94. The number of nitrogens with zero attached hydrogens (tertiary/aromatic N) is 2. The van der Waals surface area contributed by atoms with Gasteiger partial charge in [0.1, 0.15) is 0 Å². The second kappa shape index (κ2) is 4.66. The van der Waals surface area contributed by atoms with Crippen LogP contribution in [0.15, 0.2) is 17.8 Å². The van der Waals surface area contributed by atoms with E-state index in [-0.39, 0.29) is 5.91 Å². The van der Waals surface area contributed by atoms with Crippen LogP contribution in [0.25, 0.3) is 0 Å². The second-order valence-electron chi connectivity index (χ2n) is 2.19. The Hall–Kier alpha value is -1.12. The Kier molecular flexibility index (Phi) is 4.18. The first-order valence-corrected chi connectivity index (χ1v) is 3.56. The molecule has 3 nitrogen and oxygen atoms in total. The van der Waals surface area contributed by atoms with Gasteiger partial charge in [-0.2, -0.15) is 5.10 Å². The number of hydrazone groups is 1. The summed E-state index contributed by atoms with van der Waals surface area (Å²) in [5, 5.41) is 5.30. The van der Waals surface area contributed by atoms with Crippen molar-refractivity contribution in [3.63, 3.8) is 0 Å². The molecule has 0 aliphatic heterocycles. The van der Waals surface area contributed by atoms with Gasteiger partial charge in [-0.15, -0.1) is 0 Å². The van der Waals surface area contributed by atoms with Crippen LogP contribution in [0.2, 0.25) is 0 Å². The molecule has 0 aliphatic carbocycles. The van der Waals surface area contributed by atoms with Crippen LogP contribution in [0.1, 0.15) is 20.3 Å². The van der Waals surface area contributed by atoms with Crippen LogP contribution in [0.3, 0.4) is 0 Å². The monoisotopic (exact) mass is 154 g/mol. The van der Waals surface area contributed by atoms with Crippen molar-refractivity contribution in [1.29, 1.82) is 0 Å². The molecule has 0 saturated heterocycles. The van der Waals surface area contributed by atoms with Gasteiger partial charge in [0.05, 0.1) is 5.71 Å². The highest BCUT2D eigenvalue weighted by Crippen LogP contribution is 1.91. The third-order valence-electron chi connectivity index (χ3n) is 1.33. The summed E-state index contributed by atoms with van der Waals surface area (Å²) in [6.45, 7) is 7.01. The standard InChI is InChI=1S/C8H14N2O/c1-5-8(6-2)9-10(4)7(3)11/h5H,1,6H2,2-4H3/b9-8+. The van der Waals surface area contributed by atoms with Crippen LogP contribution in [0.5, 0.6) is 0 Å². The predicted molar refractivity (Wildman–Crippen MR) is 46.4 cm³/mol. The number of amides is 1. The minimum Gasteiger partial charge on any atom is -0.273 e. The molecule has 0 radical (unpaired) electrons. The van der Waals surface area contributed by atoms with E-state index < -0.39 is 0 Å². The summed E-state index contributed by atoms with van der Waals surface area (Å²) in [6, 6.07) is 0. The van der Waals surface area contributed by atoms with Crippen LogP contribution in [-0.4, -0.2) is 23.7 Å². The van der Waals surface area contributed by atoms with E-state index in [0.29, 0.717) is 0 Å². The normalized spacial score (nSPS) is 11.0. The van der Waals surface area contributed by atoms with Crippen LogP contribution >= 0.6 is 0 Å². The van der Waals surface area contributed by atoms with Gasteiger partial charge >= 0.3 is 0 Å². The van der Waals surface area contributed by atoms with Gasteiger partial charge in [0.25, 0.3) is 0 Å². The Balaban J connectivity index is 4.25. The molecule has 0 rings (SSSR count). The molecule has 62 valence electrons. The Morgan fingerprint density at radius 2 is 2.27 bits per heavy atom. The molecule has 0 bridgehead atoms. The molecule has 0 aromatic rings. The highest BCUT2D eigenvalue weighted by Gasteiger charge is 1.98. The quantitative estimate of drug-likeness (QED) is 0.447. The molecule has 0 atom stereocenters. The molecule has 3 heteroatoms. The Morgan fingerprint density at radius 1 is 1.73 bits per heavy atom. The van der Waals surface area contributed by atoms with Gasteiger partial charge in [0.2, 0.25) is 5.91 Å². The topological polar surface area (TPSA) is 32.7 Å². The molecular formula is C8H14N2O. The first kappa shape index (κ1) is 9.88. The van der Waals surface area contributed by atoms with E-state index in [4.69, 9.17) is 0 Å². The van der Waals surface area contributed by atoms with Crippen molar-refractivity contribution in [1.82, 2.24) is 5.01 Å². The lowest BCUT2D eigenvalue weighted by Gasteiger charge is -2.08. The molecule has 0 spiro atoms. The van der Waals surface area contributed by atoms with Gasteiger partial charge in [-0.1, -0.05) is 13.5 Å². The Labute approximate surface area is 67.4 Å². The van der Waals surface area contributed by atoms with Gasteiger partial charge in [0, 0.05) is 14.0 Å². The summed E-state index contributed by atoms with van der Waals surface area (Å²) in [4.78, 5) is 10.7. The van der Waals surface area contributed by atoms with Crippen molar-refractivity contribution < 1.29 is 4.79 Å². The summed E-state index contributed by atoms with van der Waals surface area (Å²) >= 11 is 0. The van der Waals surface area contributed by atoms with Gasteiger partial charge in [-0.05, 0) is 12.5 Å². The zero-order valence-corrected chi connectivity index (χ0v) is 7.29. The summed E-state index contributed by atoms with van der Waals surface area (Å²) in [5.74, 6) is -0.0715. The molecule has 0 heterocycles. The molecule has 1 amide bonds. The molecule has 0 saturated carbocycles. The smallest absolute Gasteiger partial charge is 0.239 e. The number of rotatable bonds is 3. The van der Waals surface area contributed by atoms with Crippen molar-refractivity contribution in [3.8, 4) is 0 Å². The number of allylic oxidation sites excluding steroid dienone is 1. The van der Waals surface area contributed by atoms with Crippen molar-refractivity contribution in [2.45, 2.75) is 20.3 Å². The summed E-state index contributed by atoms with van der Waals surface area (Å²) in [7, 11) is 1.63. The largest absolute Gasteiger partial charge is 0.273 e. The Morgan fingerprint density at radius 3 is 2.55 bits per heavy atom. The molecule has 0 aromatic carbocycles. The molecular weight excluding hydrogens is 140 g/mol. The van der Waals surface area contributed by atoms with E-state index in [9.17, 15) is 4.79 Å². The lowest BCUT2D eigenvalue weighted by atomic mass is 10.3. The predicted octanol–water partition coefficient (Wildman–Crippen LogP) is 1.42. The SMILES string of the molecule is C=C/C(CC)=N\N(C)C(C)=O. The van der Waals surface area contributed by atoms with E-state index in [2.05, 4.69) is 11.7 Å². The van der Waals surface area contributed by atoms with Crippen LogP contribution < -0.4 is 0 Å². The lowest BCUT2D eigenvalue weighted by Crippen LogP contribution is -2.18. The first-order chi connectivity index (χ1) is 5.11. The van der Waals surface area contributed by atoms with Crippen LogP contribution in [0.4, 0.5) is 0 Å². The average molecular weight is 154 g/mol. The van der Waals surface area contributed by atoms with Crippen LogP contribution in [0, 0.1) is 0 Å². The highest BCUT2D eigenvalue weighted by atomic mass is 16.2. The zero-order valence-electron chi connectivity index (χ0n) is 7.29. The number of hydrogen-bond donors (Lipinski definition) is 0. The maximum Gasteiger partial charge on any atom is 0.239 e. The molecule has 0 N–H and O–H groups in total. The third-order valence-corrected chi connectivity index (χ3v) is 1.33. The molecule has 0 unspecified atom stereocenters. The third kappa shape index (κ3) is 3.55. The maximum atomic E-state index is 10.7. The Bertz CT molecular complexity index is 185. The van der Waals surface area contributed by atoms with Crippen molar-refractivity contribution in [2.75, 3.05) is 7.05 Å². The van der Waals surface area contributed by atoms with Crippen molar-refractivity contribution >= 4 is 11.6 Å². The zero-order chi connectivity index (χ0) is 8.85. The molecule has 0 fully saturated rings. The van der Waals surface area contributed by atoms with Gasteiger partial charge in [-0.25, -0.2) is 5.01 Å². The van der Waals surface area contributed by atoms with Crippen molar-refractivity contribution in [2.24, 2.45) is 5.10 Å². The van der Waals surface area contributed by atoms with E-state index in [1.54, 1.807) is 13.1 Å². The number of carbonyl (C=O) groups is 1. The summed E-state index contributed by atoms with van der Waals surface area (Å²) in [6.07, 6.45) is 2.45. The minimum absolute atomic E-state index is 0.0715. The number of carbonyl (C=O) groups excluding carboxylic acids is 1. The first-order valence-electron chi connectivity index (χ1n) is 3.56. The number of hydrogen-bond acceptors (Lipinski definition) is 2. The second-order valence-corrected chi connectivity index (χ2v) is 2.19. The summed E-state index contributed by atoms with van der Waals surface area (Å²) < 4.78 is 0. The molecule has 0 aliphatic rings. The average Bonchev–Trinajstić information content (AvgIpc) is 1.99. The fraction of sp³-hybridized carbons (Fsp3) is 0.500. The van der Waals surface area contributed by atoms with Gasteiger partial charge < -0.3 is 0 Å². The van der Waals surface area contributed by atoms with E-state index in [1.165, 1.54) is 11.9 Å². The van der Waals surface area contributed by atoms with E-state index in [0.717, 1.165) is 12.1 Å². The van der Waals surface area contributed by atoms with Crippen LogP contribution in [-0.2, 0) is 4.79 Å². The molecule has 11 heavy (non-hydrogen) atoms. The minimum atomic E-state index is -0.0715. The van der Waals surface area contributed by atoms with Gasteiger partial charge in [0.15, 0.2) is 0 Å². The fourth-order valence-electron chi connectivity index (χ4n) is 0.519. The molecule has 0 aromatic heterocycles. The maximum absolute atomic E-state index is 10.7. The fourth-order valence-corrected chi connectivity index (χ4v) is 0.519. The van der Waals surface area contributed by atoms with Gasteiger partial charge in [-0.3, -0.25) is 4.79 Å². The lowest BCUT2D eigenvalue weighted by molar-refractivity contribution is -0.127. The van der Waals surface area contributed by atoms with E-state index in [1.807, 2.05) is 6.92 Å². The van der Waals surface area contributed by atoms with E-state index >= 15 is 0 Å². The van der Waals surface area contributed by atoms with Crippen molar-refractivity contribution in [3.05, 3.63) is 12.7 Å².